The van der Waals surface area contributed by atoms with Gasteiger partial charge in [0.2, 0.25) is 10.0 Å². The zero-order chi connectivity index (χ0) is 12.8. The standard InChI is InChI=1S/C11H16N2O3S2/c12-8-5-10(17-6-8)18(14,15)13-9-3-4-16-11(9)7-1-2-7/h5-7,9,11,13H,1-4,12H2. The van der Waals surface area contributed by atoms with Gasteiger partial charge in [-0.2, -0.15) is 0 Å². The van der Waals surface area contributed by atoms with Gasteiger partial charge in [0.05, 0.1) is 12.1 Å². The second-order valence-electron chi connectivity index (χ2n) is 4.89. The summed E-state index contributed by atoms with van der Waals surface area (Å²) in [6.07, 6.45) is 3.10. The van der Waals surface area contributed by atoms with Crippen LogP contribution in [0.1, 0.15) is 19.3 Å². The minimum absolute atomic E-state index is 0.0529. The van der Waals surface area contributed by atoms with Gasteiger partial charge in [0.1, 0.15) is 4.21 Å². The molecule has 2 unspecified atom stereocenters. The molecule has 3 rings (SSSR count). The molecule has 0 amide bonds. The molecule has 0 bridgehead atoms. The maximum atomic E-state index is 12.2. The van der Waals surface area contributed by atoms with E-state index in [0.29, 0.717) is 18.2 Å². The van der Waals surface area contributed by atoms with Crippen molar-refractivity contribution in [3.8, 4) is 0 Å². The van der Waals surface area contributed by atoms with Gasteiger partial charge in [0.15, 0.2) is 0 Å². The summed E-state index contributed by atoms with van der Waals surface area (Å²) < 4.78 is 33.0. The molecule has 7 heteroatoms. The van der Waals surface area contributed by atoms with Crippen LogP contribution in [-0.4, -0.2) is 27.2 Å². The van der Waals surface area contributed by atoms with Crippen LogP contribution in [0.25, 0.3) is 0 Å². The molecular weight excluding hydrogens is 272 g/mol. The largest absolute Gasteiger partial charge is 0.398 e. The average molecular weight is 288 g/mol. The summed E-state index contributed by atoms with van der Waals surface area (Å²) in [6, 6.07) is 1.40. The van der Waals surface area contributed by atoms with Gasteiger partial charge in [-0.25, -0.2) is 13.1 Å². The lowest BCUT2D eigenvalue weighted by atomic mass is 10.1. The number of hydrogen-bond donors (Lipinski definition) is 2. The van der Waals surface area contributed by atoms with Crippen LogP contribution in [0.3, 0.4) is 0 Å². The fraction of sp³-hybridized carbons (Fsp3) is 0.636. The Kier molecular flexibility index (Phi) is 3.09. The van der Waals surface area contributed by atoms with Crippen molar-refractivity contribution in [2.75, 3.05) is 12.3 Å². The minimum Gasteiger partial charge on any atom is -0.398 e. The third-order valence-corrected chi connectivity index (χ3v) is 6.34. The normalized spacial score (nSPS) is 28.7. The molecule has 1 saturated heterocycles. The first-order valence-corrected chi connectivity index (χ1v) is 8.40. The SMILES string of the molecule is Nc1csc(S(=O)(=O)NC2CCOC2C2CC2)c1. The van der Waals surface area contributed by atoms with Crippen molar-refractivity contribution in [2.24, 2.45) is 5.92 Å². The lowest BCUT2D eigenvalue weighted by Crippen LogP contribution is -2.41. The Bertz CT molecular complexity index is 536. The first-order valence-electron chi connectivity index (χ1n) is 6.04. The molecule has 0 radical (unpaired) electrons. The maximum Gasteiger partial charge on any atom is 0.250 e. The Morgan fingerprint density at radius 2 is 2.17 bits per heavy atom. The van der Waals surface area contributed by atoms with E-state index in [0.717, 1.165) is 30.6 Å². The van der Waals surface area contributed by atoms with Crippen molar-refractivity contribution in [3.05, 3.63) is 11.4 Å². The number of anilines is 1. The van der Waals surface area contributed by atoms with E-state index in [2.05, 4.69) is 4.72 Å². The van der Waals surface area contributed by atoms with Crippen LogP contribution in [0.15, 0.2) is 15.7 Å². The molecule has 1 saturated carbocycles. The number of nitrogens with two attached hydrogens (primary N) is 1. The quantitative estimate of drug-likeness (QED) is 0.871. The summed E-state index contributed by atoms with van der Waals surface area (Å²) in [5.41, 5.74) is 6.05. The molecule has 1 aromatic heterocycles. The molecule has 2 heterocycles. The molecule has 1 aliphatic heterocycles. The third-order valence-electron chi connectivity index (χ3n) is 3.39. The van der Waals surface area contributed by atoms with E-state index < -0.39 is 10.0 Å². The van der Waals surface area contributed by atoms with E-state index in [4.69, 9.17) is 10.5 Å². The fourth-order valence-electron chi connectivity index (χ4n) is 2.36. The van der Waals surface area contributed by atoms with Crippen LogP contribution in [-0.2, 0) is 14.8 Å². The molecule has 5 nitrogen and oxygen atoms in total. The predicted octanol–water partition coefficient (Wildman–Crippen LogP) is 1.18. The van der Waals surface area contributed by atoms with E-state index in [9.17, 15) is 8.42 Å². The molecule has 2 fully saturated rings. The summed E-state index contributed by atoms with van der Waals surface area (Å²) in [7, 11) is -3.45. The van der Waals surface area contributed by atoms with Gasteiger partial charge in [0.25, 0.3) is 0 Å². The highest BCUT2D eigenvalue weighted by atomic mass is 32.2. The zero-order valence-corrected chi connectivity index (χ0v) is 11.5. The van der Waals surface area contributed by atoms with Crippen LogP contribution in [0.4, 0.5) is 5.69 Å². The van der Waals surface area contributed by atoms with Crippen molar-refractivity contribution in [3.63, 3.8) is 0 Å². The first kappa shape index (κ1) is 12.4. The second-order valence-corrected chi connectivity index (χ2v) is 7.74. The van der Waals surface area contributed by atoms with Gasteiger partial charge in [-0.1, -0.05) is 0 Å². The lowest BCUT2D eigenvalue weighted by Gasteiger charge is -2.18. The molecule has 1 aliphatic carbocycles. The Hall–Kier alpha value is -0.630. The first-order chi connectivity index (χ1) is 8.56. The van der Waals surface area contributed by atoms with Crippen LogP contribution >= 0.6 is 11.3 Å². The maximum absolute atomic E-state index is 12.2. The number of thiophene rings is 1. The van der Waals surface area contributed by atoms with Gasteiger partial charge >= 0.3 is 0 Å². The topological polar surface area (TPSA) is 81.4 Å². The van der Waals surface area contributed by atoms with Gasteiger partial charge in [0, 0.05) is 17.7 Å². The van der Waals surface area contributed by atoms with Crippen molar-refractivity contribution < 1.29 is 13.2 Å². The van der Waals surface area contributed by atoms with Gasteiger partial charge in [-0.05, 0) is 31.2 Å². The highest BCUT2D eigenvalue weighted by Gasteiger charge is 2.42. The molecule has 18 heavy (non-hydrogen) atoms. The number of rotatable bonds is 4. The molecule has 100 valence electrons. The molecule has 2 atom stereocenters. The van der Waals surface area contributed by atoms with E-state index in [1.807, 2.05) is 0 Å². The molecule has 2 aliphatic rings. The smallest absolute Gasteiger partial charge is 0.250 e. The van der Waals surface area contributed by atoms with Crippen LogP contribution in [0, 0.1) is 5.92 Å². The van der Waals surface area contributed by atoms with E-state index in [1.54, 1.807) is 5.38 Å². The number of ether oxygens (including phenoxy) is 1. The van der Waals surface area contributed by atoms with E-state index in [1.165, 1.54) is 6.07 Å². The summed E-state index contributed by atoms with van der Waals surface area (Å²) in [5, 5.41) is 1.64. The summed E-state index contributed by atoms with van der Waals surface area (Å²) >= 11 is 1.15. The Morgan fingerprint density at radius 1 is 1.39 bits per heavy atom. The second kappa shape index (κ2) is 4.48. The highest BCUT2D eigenvalue weighted by molar-refractivity contribution is 7.91. The van der Waals surface area contributed by atoms with Gasteiger partial charge in [-0.15, -0.1) is 11.3 Å². The molecule has 3 N–H and O–H groups in total. The van der Waals surface area contributed by atoms with Gasteiger partial charge in [-0.3, -0.25) is 0 Å². The van der Waals surface area contributed by atoms with Crippen LogP contribution < -0.4 is 10.5 Å². The Balaban J connectivity index is 1.75. The predicted molar refractivity (Wildman–Crippen MR) is 69.9 cm³/mol. The monoisotopic (exact) mass is 288 g/mol. The van der Waals surface area contributed by atoms with Crippen LogP contribution in [0.5, 0.6) is 0 Å². The van der Waals surface area contributed by atoms with Crippen molar-refractivity contribution >= 4 is 27.0 Å². The van der Waals surface area contributed by atoms with Gasteiger partial charge < -0.3 is 10.5 Å². The average Bonchev–Trinajstić information content (AvgIpc) is 2.88. The summed E-state index contributed by atoms with van der Waals surface area (Å²) in [4.78, 5) is 0. The number of hydrogen-bond acceptors (Lipinski definition) is 5. The molecule has 0 aromatic carbocycles. The number of nitrogen functional groups attached to an aromatic ring is 1. The number of nitrogens with one attached hydrogen (secondary N) is 1. The summed E-state index contributed by atoms with van der Waals surface area (Å²) in [6.45, 7) is 0.640. The molecule has 1 aromatic rings. The van der Waals surface area contributed by atoms with Crippen molar-refractivity contribution in [2.45, 2.75) is 35.6 Å². The lowest BCUT2D eigenvalue weighted by molar-refractivity contribution is 0.0848. The third kappa shape index (κ3) is 2.40. The van der Waals surface area contributed by atoms with Crippen LogP contribution in [0.2, 0.25) is 0 Å². The van der Waals surface area contributed by atoms with E-state index >= 15 is 0 Å². The summed E-state index contributed by atoms with van der Waals surface area (Å²) in [5.74, 6) is 0.536. The Labute approximate surface area is 110 Å². The minimum atomic E-state index is -3.45. The van der Waals surface area contributed by atoms with E-state index in [-0.39, 0.29) is 16.4 Å². The van der Waals surface area contributed by atoms with Crippen molar-refractivity contribution in [1.29, 1.82) is 0 Å². The number of sulfonamides is 1. The zero-order valence-electron chi connectivity index (χ0n) is 9.83. The molecular formula is C11H16N2O3S2. The fourth-order valence-corrected chi connectivity index (χ4v) is 4.73. The molecule has 0 spiro atoms. The van der Waals surface area contributed by atoms with Crippen molar-refractivity contribution in [1.82, 2.24) is 4.72 Å². The highest BCUT2D eigenvalue weighted by Crippen LogP contribution is 2.39. The Morgan fingerprint density at radius 3 is 2.78 bits per heavy atom.